The number of para-hydroxylation sites is 1. The lowest BCUT2D eigenvalue weighted by Crippen LogP contribution is -2.49. The Morgan fingerprint density at radius 2 is 1.77 bits per heavy atom. The molecule has 2 N–H and O–H groups in total. The molecule has 3 amide bonds. The molecule has 2 aromatic carbocycles. The van der Waals surface area contributed by atoms with Crippen molar-refractivity contribution < 1.29 is 22.8 Å². The minimum Gasteiger partial charge on any atom is -0.326 e. The summed E-state index contributed by atoms with van der Waals surface area (Å²) in [4.78, 5) is 27.6. The van der Waals surface area contributed by atoms with Crippen molar-refractivity contribution in [3.8, 4) is 0 Å². The molecule has 1 aliphatic carbocycles. The van der Waals surface area contributed by atoms with Crippen LogP contribution in [0.3, 0.4) is 0 Å². The predicted octanol–water partition coefficient (Wildman–Crippen LogP) is 5.61. The first-order valence-corrected chi connectivity index (χ1v) is 10.5. The lowest BCUT2D eigenvalue weighted by atomic mass is 9.94. The molecule has 0 radical (unpaired) electrons. The topological polar surface area (TPSA) is 61.4 Å². The molecule has 2 aromatic rings. The van der Waals surface area contributed by atoms with Crippen LogP contribution >= 0.6 is 15.9 Å². The van der Waals surface area contributed by atoms with E-state index in [4.69, 9.17) is 0 Å². The highest BCUT2D eigenvalue weighted by molar-refractivity contribution is 9.10. The van der Waals surface area contributed by atoms with Crippen molar-refractivity contribution in [3.63, 3.8) is 0 Å². The average molecular weight is 494 g/mol. The molecule has 5 nitrogen and oxygen atoms in total. The predicted molar refractivity (Wildman–Crippen MR) is 113 cm³/mol. The monoisotopic (exact) mass is 493 g/mol. The number of alkyl halides is 3. The first kappa shape index (κ1) is 21.4. The molecule has 9 heteroatoms. The average Bonchev–Trinajstić information content (AvgIpc) is 3.52. The van der Waals surface area contributed by atoms with Crippen LogP contribution in [0.15, 0.2) is 64.3 Å². The van der Waals surface area contributed by atoms with Crippen LogP contribution in [0, 0.1) is 0 Å². The third-order valence-electron chi connectivity index (χ3n) is 5.38. The van der Waals surface area contributed by atoms with E-state index in [0.29, 0.717) is 15.7 Å². The van der Waals surface area contributed by atoms with E-state index in [-0.39, 0.29) is 23.3 Å². The van der Waals surface area contributed by atoms with Gasteiger partial charge in [-0.3, -0.25) is 9.69 Å². The number of hydrogen-bond donors (Lipinski definition) is 2. The summed E-state index contributed by atoms with van der Waals surface area (Å²) >= 11 is 3.44. The highest BCUT2D eigenvalue weighted by Gasteiger charge is 2.43. The molecule has 0 aromatic heterocycles. The van der Waals surface area contributed by atoms with Crippen LogP contribution in [-0.2, 0) is 11.0 Å². The second kappa shape index (κ2) is 8.03. The Morgan fingerprint density at radius 1 is 1.13 bits per heavy atom. The van der Waals surface area contributed by atoms with Crippen molar-refractivity contribution >= 4 is 33.6 Å². The number of amides is 3. The van der Waals surface area contributed by atoms with Gasteiger partial charge in [-0.2, -0.15) is 13.2 Å². The first-order chi connectivity index (χ1) is 14.7. The summed E-state index contributed by atoms with van der Waals surface area (Å²) in [6, 6.07) is 10.8. The maximum Gasteiger partial charge on any atom is 0.418 e. The van der Waals surface area contributed by atoms with Gasteiger partial charge in [0.15, 0.2) is 0 Å². The van der Waals surface area contributed by atoms with Crippen LogP contribution in [0.1, 0.15) is 36.9 Å². The molecule has 0 spiro atoms. The molecule has 31 heavy (non-hydrogen) atoms. The van der Waals surface area contributed by atoms with Crippen molar-refractivity contribution in [2.45, 2.75) is 38.0 Å². The number of urea groups is 1. The molecule has 4 rings (SSSR count). The number of allylic oxidation sites excluding steroid dienone is 1. The van der Waals surface area contributed by atoms with Crippen LogP contribution in [-0.4, -0.2) is 22.9 Å². The molecular weight excluding hydrogens is 475 g/mol. The molecule has 1 unspecified atom stereocenters. The van der Waals surface area contributed by atoms with Crippen molar-refractivity contribution in [1.82, 2.24) is 10.2 Å². The van der Waals surface area contributed by atoms with Gasteiger partial charge >= 0.3 is 12.2 Å². The zero-order valence-electron chi connectivity index (χ0n) is 16.5. The van der Waals surface area contributed by atoms with Gasteiger partial charge in [-0.15, -0.1) is 0 Å². The van der Waals surface area contributed by atoms with E-state index >= 15 is 0 Å². The van der Waals surface area contributed by atoms with Crippen LogP contribution in [0.25, 0.3) is 0 Å². The van der Waals surface area contributed by atoms with Gasteiger partial charge in [-0.25, -0.2) is 4.79 Å². The summed E-state index contributed by atoms with van der Waals surface area (Å²) in [5.74, 6) is -0.694. The van der Waals surface area contributed by atoms with Gasteiger partial charge < -0.3 is 10.6 Å². The molecule has 1 saturated carbocycles. The Kier molecular flexibility index (Phi) is 5.55. The van der Waals surface area contributed by atoms with Gasteiger partial charge in [-0.1, -0.05) is 46.3 Å². The number of halogens is 4. The maximum absolute atomic E-state index is 13.4. The molecule has 2 aliphatic rings. The highest BCUT2D eigenvalue weighted by Crippen LogP contribution is 2.40. The van der Waals surface area contributed by atoms with Gasteiger partial charge in [0.25, 0.3) is 5.91 Å². The van der Waals surface area contributed by atoms with Crippen molar-refractivity contribution in [1.29, 1.82) is 0 Å². The van der Waals surface area contributed by atoms with Crippen molar-refractivity contribution in [3.05, 3.63) is 75.4 Å². The second-order valence-corrected chi connectivity index (χ2v) is 8.36. The van der Waals surface area contributed by atoms with Gasteiger partial charge in [0.2, 0.25) is 0 Å². The zero-order valence-corrected chi connectivity index (χ0v) is 18.0. The summed E-state index contributed by atoms with van der Waals surface area (Å²) in [7, 11) is 0. The SMILES string of the molecule is CC1=C(C(=O)Nc2ccccc2C(F)(F)F)C(c2ccccc2Br)NC(=O)N1C1CC1. The van der Waals surface area contributed by atoms with Gasteiger partial charge in [0, 0.05) is 16.2 Å². The van der Waals surface area contributed by atoms with E-state index in [0.717, 1.165) is 18.9 Å². The molecule has 1 aliphatic heterocycles. The Labute approximate surface area is 185 Å². The van der Waals surface area contributed by atoms with Crippen LogP contribution in [0.5, 0.6) is 0 Å². The Balaban J connectivity index is 1.77. The van der Waals surface area contributed by atoms with E-state index < -0.39 is 23.7 Å². The molecule has 0 bridgehead atoms. The van der Waals surface area contributed by atoms with E-state index in [2.05, 4.69) is 26.6 Å². The summed E-state index contributed by atoms with van der Waals surface area (Å²) in [5.41, 5.74) is 0.0169. The lowest BCUT2D eigenvalue weighted by molar-refractivity contribution is -0.137. The number of rotatable bonds is 4. The molecule has 0 saturated heterocycles. The van der Waals surface area contributed by atoms with Gasteiger partial charge in [0.1, 0.15) is 0 Å². The van der Waals surface area contributed by atoms with Crippen molar-refractivity contribution in [2.75, 3.05) is 5.32 Å². The number of carbonyl (C=O) groups is 2. The molecule has 1 atom stereocenters. The van der Waals surface area contributed by atoms with Crippen LogP contribution in [0.4, 0.5) is 23.7 Å². The van der Waals surface area contributed by atoms with E-state index in [1.54, 1.807) is 31.2 Å². The lowest BCUT2D eigenvalue weighted by Gasteiger charge is -2.36. The standard InChI is InChI=1S/C22H19BrF3N3O2/c1-12-18(20(30)27-17-9-5-3-7-15(17)22(24,25)26)19(14-6-2-4-8-16(14)23)28-21(31)29(12)13-10-11-13/h2-9,13,19H,10-11H2,1H3,(H,27,30)(H,28,31). The number of anilines is 1. The third kappa shape index (κ3) is 4.19. The third-order valence-corrected chi connectivity index (χ3v) is 6.10. The Bertz CT molecular complexity index is 1080. The zero-order chi connectivity index (χ0) is 22.3. The number of nitrogens with one attached hydrogen (secondary N) is 2. The van der Waals surface area contributed by atoms with Crippen molar-refractivity contribution in [2.24, 2.45) is 0 Å². The summed E-state index contributed by atoms with van der Waals surface area (Å²) in [5, 5.41) is 5.27. The highest BCUT2D eigenvalue weighted by atomic mass is 79.9. The molecule has 1 heterocycles. The minimum absolute atomic E-state index is 0.00887. The van der Waals surface area contributed by atoms with Gasteiger partial charge in [-0.05, 0) is 43.5 Å². The number of hydrogen-bond acceptors (Lipinski definition) is 2. The fourth-order valence-electron chi connectivity index (χ4n) is 3.80. The summed E-state index contributed by atoms with van der Waals surface area (Å²) in [6.07, 6.45) is -2.98. The maximum atomic E-state index is 13.4. The normalized spacial score (nSPS) is 19.3. The summed E-state index contributed by atoms with van der Waals surface area (Å²) in [6.45, 7) is 1.66. The number of carbonyl (C=O) groups excluding carboxylic acids is 2. The number of benzene rings is 2. The summed E-state index contributed by atoms with van der Waals surface area (Å²) < 4.78 is 40.9. The quantitative estimate of drug-likeness (QED) is 0.581. The van der Waals surface area contributed by atoms with Gasteiger partial charge in [0.05, 0.1) is 22.9 Å². The number of nitrogens with zero attached hydrogens (tertiary/aromatic N) is 1. The minimum atomic E-state index is -4.62. The van der Waals surface area contributed by atoms with Crippen LogP contribution < -0.4 is 10.6 Å². The van der Waals surface area contributed by atoms with E-state index in [1.165, 1.54) is 23.1 Å². The smallest absolute Gasteiger partial charge is 0.326 e. The molecular formula is C22H19BrF3N3O2. The molecule has 162 valence electrons. The Hall–Kier alpha value is -2.81. The van der Waals surface area contributed by atoms with E-state index in [1.807, 2.05) is 0 Å². The Morgan fingerprint density at radius 3 is 2.42 bits per heavy atom. The fourth-order valence-corrected chi connectivity index (χ4v) is 4.31. The fraction of sp³-hybridized carbons (Fsp3) is 0.273. The van der Waals surface area contributed by atoms with Crippen LogP contribution in [0.2, 0.25) is 0 Å². The first-order valence-electron chi connectivity index (χ1n) is 9.71. The second-order valence-electron chi connectivity index (χ2n) is 7.50. The largest absolute Gasteiger partial charge is 0.418 e. The molecule has 1 fully saturated rings. The van der Waals surface area contributed by atoms with E-state index in [9.17, 15) is 22.8 Å².